The van der Waals surface area contributed by atoms with Gasteiger partial charge in [0.25, 0.3) is 11.8 Å². The summed E-state index contributed by atoms with van der Waals surface area (Å²) in [5.74, 6) is -2.11. The SMILES string of the molecule is O=C(O)CNC(=O)C1=C(O)C2(CCC2)CN(Cc2ccc(C3CC3)cc2)C1=O. The van der Waals surface area contributed by atoms with Crippen LogP contribution in [-0.4, -0.2) is 46.0 Å². The van der Waals surface area contributed by atoms with Gasteiger partial charge >= 0.3 is 5.97 Å². The number of aliphatic hydroxyl groups excluding tert-OH is 1. The second-order valence-corrected chi connectivity index (χ2v) is 8.11. The number of hydrogen-bond acceptors (Lipinski definition) is 4. The molecular weight excluding hydrogens is 360 g/mol. The molecule has 28 heavy (non-hydrogen) atoms. The first kappa shape index (κ1) is 18.5. The van der Waals surface area contributed by atoms with Gasteiger partial charge in [-0.05, 0) is 42.7 Å². The lowest BCUT2D eigenvalue weighted by atomic mass is 9.64. The van der Waals surface area contributed by atoms with E-state index in [9.17, 15) is 19.5 Å². The number of carbonyl (C=O) groups is 3. The van der Waals surface area contributed by atoms with Crippen LogP contribution in [0.1, 0.15) is 49.1 Å². The van der Waals surface area contributed by atoms with E-state index in [1.54, 1.807) is 4.90 Å². The predicted octanol–water partition coefficient (Wildman–Crippen LogP) is 2.09. The summed E-state index contributed by atoms with van der Waals surface area (Å²) in [5, 5.41) is 21.6. The van der Waals surface area contributed by atoms with Crippen LogP contribution in [0.5, 0.6) is 0 Å². The summed E-state index contributed by atoms with van der Waals surface area (Å²) in [7, 11) is 0. The summed E-state index contributed by atoms with van der Waals surface area (Å²) in [5.41, 5.74) is 1.38. The molecule has 0 saturated heterocycles. The molecule has 1 spiro atoms. The number of nitrogens with one attached hydrogen (secondary N) is 1. The van der Waals surface area contributed by atoms with Gasteiger partial charge in [-0.25, -0.2) is 0 Å². The zero-order valence-corrected chi connectivity index (χ0v) is 15.6. The summed E-state index contributed by atoms with van der Waals surface area (Å²) in [6, 6.07) is 8.20. The number of nitrogens with zero attached hydrogens (tertiary/aromatic N) is 1. The van der Waals surface area contributed by atoms with E-state index in [2.05, 4.69) is 17.4 Å². The molecule has 7 heteroatoms. The maximum Gasteiger partial charge on any atom is 0.322 e. The molecule has 0 aromatic heterocycles. The topological polar surface area (TPSA) is 107 Å². The molecule has 4 rings (SSSR count). The number of carbonyl (C=O) groups excluding carboxylic acids is 2. The van der Waals surface area contributed by atoms with Crippen molar-refractivity contribution in [1.82, 2.24) is 10.2 Å². The van der Waals surface area contributed by atoms with Crippen LogP contribution in [0, 0.1) is 5.41 Å². The maximum atomic E-state index is 12.9. The summed E-state index contributed by atoms with van der Waals surface area (Å²) in [6.07, 6.45) is 4.79. The highest BCUT2D eigenvalue weighted by atomic mass is 16.4. The van der Waals surface area contributed by atoms with Crippen molar-refractivity contribution in [3.05, 3.63) is 46.7 Å². The highest BCUT2D eigenvalue weighted by molar-refractivity contribution is 6.19. The molecule has 148 valence electrons. The van der Waals surface area contributed by atoms with Crippen molar-refractivity contribution in [2.45, 2.75) is 44.6 Å². The zero-order valence-electron chi connectivity index (χ0n) is 15.6. The lowest BCUT2D eigenvalue weighted by Crippen LogP contribution is -2.53. The number of carboxylic acids is 1. The van der Waals surface area contributed by atoms with E-state index in [1.807, 2.05) is 12.1 Å². The van der Waals surface area contributed by atoms with Crippen LogP contribution in [0.2, 0.25) is 0 Å². The van der Waals surface area contributed by atoms with Gasteiger partial charge in [-0.3, -0.25) is 14.4 Å². The monoisotopic (exact) mass is 384 g/mol. The Hall–Kier alpha value is -2.83. The molecule has 1 aromatic carbocycles. The van der Waals surface area contributed by atoms with Gasteiger partial charge in [-0.2, -0.15) is 0 Å². The second kappa shape index (κ2) is 6.96. The number of rotatable bonds is 6. The molecule has 2 amide bonds. The molecule has 1 heterocycles. The Morgan fingerprint density at radius 3 is 2.39 bits per heavy atom. The average Bonchev–Trinajstić information content (AvgIpc) is 3.47. The third-order valence-electron chi connectivity index (χ3n) is 6.07. The van der Waals surface area contributed by atoms with Gasteiger partial charge in [0.05, 0.1) is 0 Å². The van der Waals surface area contributed by atoms with E-state index in [1.165, 1.54) is 18.4 Å². The molecule has 2 aliphatic carbocycles. The van der Waals surface area contributed by atoms with Gasteiger partial charge in [0, 0.05) is 18.5 Å². The van der Waals surface area contributed by atoms with Gasteiger partial charge < -0.3 is 20.4 Å². The fourth-order valence-corrected chi connectivity index (χ4v) is 4.14. The summed E-state index contributed by atoms with van der Waals surface area (Å²) in [6.45, 7) is 0.130. The highest BCUT2D eigenvalue weighted by Gasteiger charge is 2.50. The Bertz CT molecular complexity index is 850. The van der Waals surface area contributed by atoms with Crippen LogP contribution in [0.3, 0.4) is 0 Å². The lowest BCUT2D eigenvalue weighted by molar-refractivity contribution is -0.140. The molecule has 1 aromatic rings. The van der Waals surface area contributed by atoms with E-state index in [0.717, 1.165) is 12.0 Å². The average molecular weight is 384 g/mol. The lowest BCUT2D eigenvalue weighted by Gasteiger charge is -2.48. The Morgan fingerprint density at radius 1 is 1.18 bits per heavy atom. The van der Waals surface area contributed by atoms with Crippen molar-refractivity contribution in [1.29, 1.82) is 0 Å². The second-order valence-electron chi connectivity index (χ2n) is 8.11. The van der Waals surface area contributed by atoms with Crippen molar-refractivity contribution in [2.75, 3.05) is 13.1 Å². The molecule has 0 atom stereocenters. The molecular formula is C21H24N2O5. The van der Waals surface area contributed by atoms with E-state index >= 15 is 0 Å². The molecule has 2 saturated carbocycles. The van der Waals surface area contributed by atoms with Crippen LogP contribution in [-0.2, 0) is 20.9 Å². The quantitative estimate of drug-likeness (QED) is 0.651. The largest absolute Gasteiger partial charge is 0.511 e. The third kappa shape index (κ3) is 3.37. The van der Waals surface area contributed by atoms with Gasteiger partial charge in [0.15, 0.2) is 0 Å². The summed E-state index contributed by atoms with van der Waals surface area (Å²) in [4.78, 5) is 37.7. The Labute approximate surface area is 163 Å². The molecule has 2 fully saturated rings. The number of aliphatic carboxylic acids is 1. The highest BCUT2D eigenvalue weighted by Crippen LogP contribution is 2.50. The first-order valence-corrected chi connectivity index (χ1v) is 9.71. The minimum absolute atomic E-state index is 0.188. The number of aliphatic hydroxyl groups is 1. The number of hydrogen-bond donors (Lipinski definition) is 3. The van der Waals surface area contributed by atoms with Gasteiger partial charge in [0.1, 0.15) is 17.9 Å². The van der Waals surface area contributed by atoms with Crippen LogP contribution >= 0.6 is 0 Å². The summed E-state index contributed by atoms with van der Waals surface area (Å²) >= 11 is 0. The smallest absolute Gasteiger partial charge is 0.322 e. The standard InChI is InChI=1S/C21H24N2O5/c24-16(25)10-22-19(27)17-18(26)21(8-1-9-21)12-23(20(17)28)11-13-2-4-14(5-3-13)15-6-7-15/h2-5,15,26H,1,6-12H2,(H,22,27)(H,24,25). The molecule has 0 bridgehead atoms. The normalized spacial score (nSPS) is 20.9. The third-order valence-corrected chi connectivity index (χ3v) is 6.07. The molecule has 0 radical (unpaired) electrons. The Kier molecular flexibility index (Phi) is 4.61. The minimum Gasteiger partial charge on any atom is -0.511 e. The molecule has 3 N–H and O–H groups in total. The molecule has 1 aliphatic heterocycles. The first-order valence-electron chi connectivity index (χ1n) is 9.71. The van der Waals surface area contributed by atoms with Crippen LogP contribution < -0.4 is 5.32 Å². The fourth-order valence-electron chi connectivity index (χ4n) is 4.14. The van der Waals surface area contributed by atoms with E-state index < -0.39 is 29.7 Å². The molecule has 3 aliphatic rings. The molecule has 0 unspecified atom stereocenters. The fraction of sp³-hybridized carbons (Fsp3) is 0.476. The summed E-state index contributed by atoms with van der Waals surface area (Å²) < 4.78 is 0. The van der Waals surface area contributed by atoms with Crippen molar-refractivity contribution < 1.29 is 24.6 Å². The molecule has 7 nitrogen and oxygen atoms in total. The van der Waals surface area contributed by atoms with E-state index in [4.69, 9.17) is 5.11 Å². The number of carboxylic acid groups (broad SMARTS) is 1. The van der Waals surface area contributed by atoms with Crippen LogP contribution in [0.4, 0.5) is 0 Å². The van der Waals surface area contributed by atoms with Gasteiger partial charge in [-0.1, -0.05) is 30.7 Å². The van der Waals surface area contributed by atoms with Crippen molar-refractivity contribution in [3.8, 4) is 0 Å². The predicted molar refractivity (Wildman–Crippen MR) is 100 cm³/mol. The Morgan fingerprint density at radius 2 is 1.86 bits per heavy atom. The maximum absolute atomic E-state index is 12.9. The minimum atomic E-state index is -1.21. The van der Waals surface area contributed by atoms with Crippen LogP contribution in [0.15, 0.2) is 35.6 Å². The number of amides is 2. The van der Waals surface area contributed by atoms with Crippen molar-refractivity contribution in [2.24, 2.45) is 5.41 Å². The Balaban J connectivity index is 1.56. The first-order chi connectivity index (χ1) is 13.4. The van der Waals surface area contributed by atoms with Crippen LogP contribution in [0.25, 0.3) is 0 Å². The zero-order chi connectivity index (χ0) is 19.9. The van der Waals surface area contributed by atoms with E-state index in [0.29, 0.717) is 31.8 Å². The number of benzene rings is 1. The van der Waals surface area contributed by atoms with Gasteiger partial charge in [0.2, 0.25) is 0 Å². The van der Waals surface area contributed by atoms with Crippen molar-refractivity contribution >= 4 is 17.8 Å². The van der Waals surface area contributed by atoms with Gasteiger partial charge in [-0.15, -0.1) is 0 Å². The van der Waals surface area contributed by atoms with E-state index in [-0.39, 0.29) is 11.3 Å². The van der Waals surface area contributed by atoms with Crippen molar-refractivity contribution in [3.63, 3.8) is 0 Å².